The summed E-state index contributed by atoms with van der Waals surface area (Å²) >= 11 is 0. The minimum atomic E-state index is -0.284. The van der Waals surface area contributed by atoms with Gasteiger partial charge in [0.05, 0.1) is 6.10 Å². The van der Waals surface area contributed by atoms with E-state index in [9.17, 15) is 5.11 Å². The lowest BCUT2D eigenvalue weighted by Gasteiger charge is -2.13. The number of aromatic nitrogens is 2. The molecule has 1 fully saturated rings. The first kappa shape index (κ1) is 13.6. The summed E-state index contributed by atoms with van der Waals surface area (Å²) in [6, 6.07) is 0. The van der Waals surface area contributed by atoms with Gasteiger partial charge in [0, 0.05) is 25.4 Å². The third-order valence-electron chi connectivity index (χ3n) is 5.18. The van der Waals surface area contributed by atoms with Gasteiger partial charge in [-0.3, -0.25) is 0 Å². The van der Waals surface area contributed by atoms with Crippen LogP contribution in [-0.4, -0.2) is 20.8 Å². The number of hydrogen-bond acceptors (Lipinski definition) is 2. The van der Waals surface area contributed by atoms with E-state index >= 15 is 0 Å². The van der Waals surface area contributed by atoms with Gasteiger partial charge in [0.1, 0.15) is 5.82 Å². The average molecular weight is 250 g/mol. The van der Waals surface area contributed by atoms with E-state index in [0.717, 1.165) is 18.8 Å². The number of aliphatic hydroxyl groups is 1. The second-order valence-electron chi connectivity index (χ2n) is 6.73. The lowest BCUT2D eigenvalue weighted by Crippen LogP contribution is -2.20. The van der Waals surface area contributed by atoms with Crippen molar-refractivity contribution in [1.82, 2.24) is 9.55 Å². The molecule has 1 saturated carbocycles. The number of nitrogens with zero attached hydrogens (tertiary/aromatic N) is 2. The quantitative estimate of drug-likeness (QED) is 0.872. The van der Waals surface area contributed by atoms with Crippen LogP contribution in [0, 0.1) is 16.7 Å². The third kappa shape index (κ3) is 1.99. The second-order valence-corrected chi connectivity index (χ2v) is 6.73. The van der Waals surface area contributed by atoms with Crippen LogP contribution in [0.4, 0.5) is 0 Å². The lowest BCUT2D eigenvalue weighted by molar-refractivity contribution is 0.126. The lowest BCUT2D eigenvalue weighted by atomic mass is 10.0. The van der Waals surface area contributed by atoms with E-state index in [-0.39, 0.29) is 16.9 Å². The molecular weight excluding hydrogens is 224 g/mol. The molecule has 0 bridgehead atoms. The van der Waals surface area contributed by atoms with Crippen LogP contribution in [0.15, 0.2) is 12.4 Å². The molecule has 0 saturated heterocycles. The Hall–Kier alpha value is -0.830. The molecule has 0 amide bonds. The first-order valence-corrected chi connectivity index (χ1v) is 7.00. The topological polar surface area (TPSA) is 38.0 Å². The average Bonchev–Trinajstić information content (AvgIpc) is 2.59. The van der Waals surface area contributed by atoms with E-state index < -0.39 is 0 Å². The van der Waals surface area contributed by atoms with Crippen LogP contribution in [0.25, 0.3) is 0 Å². The van der Waals surface area contributed by atoms with Crippen molar-refractivity contribution in [2.24, 2.45) is 16.7 Å². The summed E-state index contributed by atoms with van der Waals surface area (Å²) in [5.74, 6) is 1.39. The van der Waals surface area contributed by atoms with Crippen LogP contribution >= 0.6 is 0 Å². The van der Waals surface area contributed by atoms with Gasteiger partial charge in [0.15, 0.2) is 0 Å². The first-order chi connectivity index (χ1) is 8.32. The van der Waals surface area contributed by atoms with Crippen molar-refractivity contribution < 1.29 is 5.11 Å². The van der Waals surface area contributed by atoms with Gasteiger partial charge in [0.25, 0.3) is 0 Å². The largest absolute Gasteiger partial charge is 0.392 e. The minimum absolute atomic E-state index is 0.231. The number of hydrogen-bond donors (Lipinski definition) is 1. The van der Waals surface area contributed by atoms with E-state index in [0.29, 0.717) is 12.3 Å². The SMILES string of the molecule is CCCn1ccnc1CC(O)C1C(C)(C)C1(C)C. The van der Waals surface area contributed by atoms with Crippen LogP contribution in [0.2, 0.25) is 0 Å². The van der Waals surface area contributed by atoms with E-state index in [1.54, 1.807) is 0 Å². The van der Waals surface area contributed by atoms with Gasteiger partial charge >= 0.3 is 0 Å². The molecular formula is C15H26N2O. The zero-order valence-corrected chi connectivity index (χ0v) is 12.3. The minimum Gasteiger partial charge on any atom is -0.392 e. The molecule has 0 aliphatic heterocycles. The highest BCUT2D eigenvalue weighted by molar-refractivity contribution is 5.16. The number of rotatable bonds is 5. The Morgan fingerprint density at radius 3 is 2.44 bits per heavy atom. The summed E-state index contributed by atoms with van der Waals surface area (Å²) in [5, 5.41) is 10.5. The van der Waals surface area contributed by atoms with Crippen LogP contribution in [-0.2, 0) is 13.0 Å². The van der Waals surface area contributed by atoms with Gasteiger partial charge in [-0.1, -0.05) is 34.6 Å². The molecule has 2 rings (SSSR count). The molecule has 0 aromatic carbocycles. The number of aliphatic hydroxyl groups excluding tert-OH is 1. The molecule has 102 valence electrons. The highest BCUT2D eigenvalue weighted by Crippen LogP contribution is 2.69. The van der Waals surface area contributed by atoms with Gasteiger partial charge in [0.2, 0.25) is 0 Å². The van der Waals surface area contributed by atoms with Crippen LogP contribution in [0.3, 0.4) is 0 Å². The number of aryl methyl sites for hydroxylation is 1. The summed E-state index contributed by atoms with van der Waals surface area (Å²) in [6.45, 7) is 12.1. The van der Waals surface area contributed by atoms with Crippen LogP contribution < -0.4 is 0 Å². The summed E-state index contributed by atoms with van der Waals surface area (Å²) in [4.78, 5) is 4.38. The first-order valence-electron chi connectivity index (χ1n) is 7.00. The summed E-state index contributed by atoms with van der Waals surface area (Å²) < 4.78 is 2.16. The highest BCUT2D eigenvalue weighted by atomic mass is 16.3. The maximum atomic E-state index is 10.5. The summed E-state index contributed by atoms with van der Waals surface area (Å²) in [5.41, 5.74) is 0.461. The Labute approximate surface area is 110 Å². The molecule has 1 atom stereocenters. The van der Waals surface area contributed by atoms with E-state index in [2.05, 4.69) is 44.2 Å². The Morgan fingerprint density at radius 1 is 1.33 bits per heavy atom. The van der Waals surface area contributed by atoms with Crippen molar-refractivity contribution in [1.29, 1.82) is 0 Å². The van der Waals surface area contributed by atoms with E-state index in [4.69, 9.17) is 0 Å². The third-order valence-corrected chi connectivity index (χ3v) is 5.18. The molecule has 3 heteroatoms. The van der Waals surface area contributed by atoms with Crippen molar-refractivity contribution in [3.8, 4) is 0 Å². The molecule has 1 heterocycles. The molecule has 1 aromatic heterocycles. The Morgan fingerprint density at radius 2 is 1.94 bits per heavy atom. The maximum absolute atomic E-state index is 10.5. The molecule has 18 heavy (non-hydrogen) atoms. The van der Waals surface area contributed by atoms with Crippen molar-refractivity contribution >= 4 is 0 Å². The van der Waals surface area contributed by atoms with Crippen molar-refractivity contribution in [3.63, 3.8) is 0 Å². The predicted molar refractivity (Wildman–Crippen MR) is 73.3 cm³/mol. The predicted octanol–water partition coefficient (Wildman–Crippen LogP) is 2.88. The fourth-order valence-corrected chi connectivity index (χ4v) is 3.49. The Bertz CT molecular complexity index is 406. The molecule has 1 aromatic rings. The summed E-state index contributed by atoms with van der Waals surface area (Å²) in [7, 11) is 0. The monoisotopic (exact) mass is 250 g/mol. The Balaban J connectivity index is 2.05. The molecule has 0 spiro atoms. The summed E-state index contributed by atoms with van der Waals surface area (Å²) in [6.07, 6.45) is 5.33. The van der Waals surface area contributed by atoms with E-state index in [1.165, 1.54) is 0 Å². The van der Waals surface area contributed by atoms with Gasteiger partial charge in [-0.05, 0) is 23.2 Å². The zero-order chi connectivity index (χ0) is 13.6. The van der Waals surface area contributed by atoms with Crippen LogP contribution in [0.5, 0.6) is 0 Å². The molecule has 1 unspecified atom stereocenters. The fraction of sp³-hybridized carbons (Fsp3) is 0.800. The maximum Gasteiger partial charge on any atom is 0.111 e. The molecule has 3 nitrogen and oxygen atoms in total. The molecule has 1 N–H and O–H groups in total. The molecule has 1 aliphatic rings. The molecule has 0 radical (unpaired) electrons. The highest BCUT2D eigenvalue weighted by Gasteiger charge is 2.67. The number of imidazole rings is 1. The van der Waals surface area contributed by atoms with Gasteiger partial charge in [-0.15, -0.1) is 0 Å². The molecule has 1 aliphatic carbocycles. The van der Waals surface area contributed by atoms with Gasteiger partial charge < -0.3 is 9.67 Å². The smallest absolute Gasteiger partial charge is 0.111 e. The van der Waals surface area contributed by atoms with E-state index in [1.807, 2.05) is 12.4 Å². The normalized spacial score (nSPS) is 23.0. The fourth-order valence-electron chi connectivity index (χ4n) is 3.49. The standard InChI is InChI=1S/C15H26N2O/c1-6-8-17-9-7-16-12(17)10-11(18)13-14(2,3)15(13,4)5/h7,9,11,13,18H,6,8,10H2,1-5H3. The van der Waals surface area contributed by atoms with Crippen LogP contribution in [0.1, 0.15) is 46.9 Å². The van der Waals surface area contributed by atoms with Gasteiger partial charge in [-0.2, -0.15) is 0 Å². The van der Waals surface area contributed by atoms with Crippen molar-refractivity contribution in [2.45, 2.75) is 60.1 Å². The Kier molecular flexibility index (Phi) is 3.30. The van der Waals surface area contributed by atoms with Crippen molar-refractivity contribution in [2.75, 3.05) is 0 Å². The van der Waals surface area contributed by atoms with Crippen molar-refractivity contribution in [3.05, 3.63) is 18.2 Å². The van der Waals surface area contributed by atoms with Gasteiger partial charge in [-0.25, -0.2) is 4.98 Å². The second kappa shape index (κ2) is 4.37. The zero-order valence-electron chi connectivity index (χ0n) is 12.3.